The van der Waals surface area contributed by atoms with E-state index in [-0.39, 0.29) is 0 Å². The largest absolute Gasteiger partial charge is 0.341 e. The first-order valence-electron chi connectivity index (χ1n) is 4.88. The van der Waals surface area contributed by atoms with Crippen molar-refractivity contribution in [3.05, 3.63) is 34.4 Å². The fraction of sp³-hybridized carbons (Fsp3) is 0.333. The monoisotopic (exact) mass is 251 g/mol. The van der Waals surface area contributed by atoms with Crippen LogP contribution in [0.4, 0.5) is 0 Å². The van der Waals surface area contributed by atoms with E-state index in [1.807, 2.05) is 0 Å². The van der Waals surface area contributed by atoms with Crippen molar-refractivity contribution in [2.24, 2.45) is 0 Å². The van der Waals surface area contributed by atoms with Gasteiger partial charge in [-0.2, -0.15) is 0 Å². The number of para-hydroxylation sites is 1. The normalized spacial score (nSPS) is 11.5. The molecule has 0 saturated carbocycles. The third-order valence-corrected chi connectivity index (χ3v) is 3.60. The van der Waals surface area contributed by atoms with Crippen LogP contribution in [0.15, 0.2) is 28.7 Å². The number of aromatic nitrogens is 1. The Morgan fingerprint density at radius 3 is 2.50 bits per heavy atom. The third kappa shape index (κ3) is 1.29. The van der Waals surface area contributed by atoms with Crippen molar-refractivity contribution in [1.29, 1.82) is 0 Å². The molecule has 74 valence electrons. The topological polar surface area (TPSA) is 4.93 Å². The Hall–Kier alpha value is -0.760. The van der Waals surface area contributed by atoms with E-state index in [0.29, 0.717) is 6.04 Å². The smallest absolute Gasteiger partial charge is 0.0496 e. The molecule has 1 aromatic carbocycles. The minimum absolute atomic E-state index is 0.506. The Balaban J connectivity index is 2.88. The van der Waals surface area contributed by atoms with Crippen LogP contribution >= 0.6 is 15.9 Å². The number of hydrogen-bond donors (Lipinski definition) is 0. The summed E-state index contributed by atoms with van der Waals surface area (Å²) in [5.41, 5.74) is 2.62. The number of rotatable bonds is 1. The highest BCUT2D eigenvalue weighted by atomic mass is 79.9. The van der Waals surface area contributed by atoms with E-state index in [9.17, 15) is 0 Å². The Labute approximate surface area is 92.9 Å². The van der Waals surface area contributed by atoms with Crippen molar-refractivity contribution < 1.29 is 0 Å². The van der Waals surface area contributed by atoms with E-state index in [4.69, 9.17) is 0 Å². The predicted octanol–water partition coefficient (Wildman–Crippen LogP) is 4.29. The van der Waals surface area contributed by atoms with E-state index in [2.05, 4.69) is 65.5 Å². The van der Waals surface area contributed by atoms with Crippen LogP contribution in [0.2, 0.25) is 0 Å². The van der Waals surface area contributed by atoms with Gasteiger partial charge in [0.1, 0.15) is 0 Å². The van der Waals surface area contributed by atoms with Gasteiger partial charge in [-0.1, -0.05) is 18.2 Å². The maximum absolute atomic E-state index is 3.65. The first-order chi connectivity index (χ1) is 6.63. The van der Waals surface area contributed by atoms with Crippen molar-refractivity contribution in [3.8, 4) is 0 Å². The lowest BCUT2D eigenvalue weighted by molar-refractivity contribution is 0.607. The zero-order valence-electron chi connectivity index (χ0n) is 8.71. The predicted molar refractivity (Wildman–Crippen MR) is 64.8 cm³/mol. The molecule has 0 spiro atoms. The highest BCUT2D eigenvalue weighted by Gasteiger charge is 2.12. The second kappa shape index (κ2) is 3.43. The average molecular weight is 252 g/mol. The van der Waals surface area contributed by atoms with Crippen LogP contribution in [0.25, 0.3) is 10.9 Å². The lowest BCUT2D eigenvalue weighted by atomic mass is 10.2. The summed E-state index contributed by atoms with van der Waals surface area (Å²) in [7, 11) is 0. The maximum atomic E-state index is 3.65. The van der Waals surface area contributed by atoms with Crippen LogP contribution in [0.5, 0.6) is 0 Å². The van der Waals surface area contributed by atoms with E-state index in [1.54, 1.807) is 0 Å². The summed E-state index contributed by atoms with van der Waals surface area (Å²) in [5, 5.41) is 1.30. The summed E-state index contributed by atoms with van der Waals surface area (Å²) in [5.74, 6) is 0. The molecule has 0 radical (unpaired) electrons. The molecule has 0 fully saturated rings. The molecule has 0 aliphatic heterocycles. The zero-order chi connectivity index (χ0) is 10.3. The molecule has 2 rings (SSSR count). The number of nitrogens with zero attached hydrogens (tertiary/aromatic N) is 1. The van der Waals surface area contributed by atoms with Gasteiger partial charge in [0, 0.05) is 27.1 Å². The third-order valence-electron chi connectivity index (χ3n) is 2.60. The molecule has 0 amide bonds. The first kappa shape index (κ1) is 9.78. The number of fused-ring (bicyclic) bond motifs is 1. The zero-order valence-corrected chi connectivity index (χ0v) is 10.3. The molecule has 1 heterocycles. The van der Waals surface area contributed by atoms with Gasteiger partial charge in [0.15, 0.2) is 0 Å². The highest BCUT2D eigenvalue weighted by molar-refractivity contribution is 9.10. The molecule has 0 aliphatic carbocycles. The molecule has 2 heteroatoms. The Bertz CT molecular complexity index is 468. The van der Waals surface area contributed by atoms with Crippen molar-refractivity contribution in [2.45, 2.75) is 26.8 Å². The Kier molecular flexibility index (Phi) is 2.40. The van der Waals surface area contributed by atoms with Gasteiger partial charge in [-0.25, -0.2) is 0 Å². The van der Waals surface area contributed by atoms with Gasteiger partial charge in [0.25, 0.3) is 0 Å². The van der Waals surface area contributed by atoms with Crippen LogP contribution < -0.4 is 0 Å². The van der Waals surface area contributed by atoms with Crippen LogP contribution in [-0.2, 0) is 0 Å². The molecule has 0 atom stereocenters. The number of benzene rings is 1. The SMILES string of the molecule is Cc1c(Br)c2ccccc2n1C(C)C. The van der Waals surface area contributed by atoms with Gasteiger partial charge in [-0.3, -0.25) is 0 Å². The lowest BCUT2D eigenvalue weighted by Crippen LogP contribution is -2.01. The summed E-state index contributed by atoms with van der Waals surface area (Å²) < 4.78 is 3.58. The fourth-order valence-corrected chi connectivity index (χ4v) is 2.54. The van der Waals surface area contributed by atoms with Gasteiger partial charge in [0.05, 0.1) is 0 Å². The minimum Gasteiger partial charge on any atom is -0.341 e. The second-order valence-electron chi connectivity index (χ2n) is 3.88. The van der Waals surface area contributed by atoms with Gasteiger partial charge < -0.3 is 4.57 Å². The molecule has 1 aromatic heterocycles. The van der Waals surface area contributed by atoms with E-state index in [0.717, 1.165) is 0 Å². The average Bonchev–Trinajstić information content (AvgIpc) is 2.41. The van der Waals surface area contributed by atoms with Gasteiger partial charge >= 0.3 is 0 Å². The molecule has 0 aliphatic rings. The van der Waals surface area contributed by atoms with Gasteiger partial charge in [-0.05, 0) is 42.8 Å². The maximum Gasteiger partial charge on any atom is 0.0496 e. The second-order valence-corrected chi connectivity index (χ2v) is 4.67. The molecule has 1 nitrogen and oxygen atoms in total. The van der Waals surface area contributed by atoms with Crippen molar-refractivity contribution >= 4 is 26.8 Å². The Morgan fingerprint density at radius 2 is 1.86 bits per heavy atom. The summed E-state index contributed by atoms with van der Waals surface area (Å²) in [6.45, 7) is 6.59. The quantitative estimate of drug-likeness (QED) is 0.713. The standard InChI is InChI=1S/C12H14BrN/c1-8(2)14-9(3)12(13)10-6-4-5-7-11(10)14/h4-8H,1-3H3. The molecule has 0 saturated heterocycles. The van der Waals surface area contributed by atoms with Crippen LogP contribution in [-0.4, -0.2) is 4.57 Å². The molecule has 0 N–H and O–H groups in total. The minimum atomic E-state index is 0.506. The highest BCUT2D eigenvalue weighted by Crippen LogP contribution is 2.32. The summed E-state index contributed by atoms with van der Waals surface area (Å²) in [4.78, 5) is 0. The van der Waals surface area contributed by atoms with E-state index >= 15 is 0 Å². The van der Waals surface area contributed by atoms with Crippen LogP contribution in [0, 0.1) is 6.92 Å². The Morgan fingerprint density at radius 1 is 1.21 bits per heavy atom. The van der Waals surface area contributed by atoms with Crippen molar-refractivity contribution in [2.75, 3.05) is 0 Å². The first-order valence-corrected chi connectivity index (χ1v) is 5.67. The van der Waals surface area contributed by atoms with E-state index < -0.39 is 0 Å². The summed E-state index contributed by atoms with van der Waals surface area (Å²) in [6, 6.07) is 9.01. The number of hydrogen-bond acceptors (Lipinski definition) is 0. The molecule has 0 unspecified atom stereocenters. The van der Waals surface area contributed by atoms with E-state index in [1.165, 1.54) is 21.1 Å². The lowest BCUT2D eigenvalue weighted by Gasteiger charge is -2.11. The van der Waals surface area contributed by atoms with Gasteiger partial charge in [-0.15, -0.1) is 0 Å². The molecular weight excluding hydrogens is 238 g/mol. The molecule has 2 aromatic rings. The van der Waals surface area contributed by atoms with Crippen molar-refractivity contribution in [1.82, 2.24) is 4.57 Å². The summed E-state index contributed by atoms with van der Waals surface area (Å²) in [6.07, 6.45) is 0. The molecular formula is C12H14BrN. The number of halogens is 1. The van der Waals surface area contributed by atoms with Crippen molar-refractivity contribution in [3.63, 3.8) is 0 Å². The fourth-order valence-electron chi connectivity index (χ4n) is 2.02. The molecule has 14 heavy (non-hydrogen) atoms. The summed E-state index contributed by atoms with van der Waals surface area (Å²) >= 11 is 3.65. The van der Waals surface area contributed by atoms with Gasteiger partial charge in [0.2, 0.25) is 0 Å². The van der Waals surface area contributed by atoms with Crippen LogP contribution in [0.3, 0.4) is 0 Å². The van der Waals surface area contributed by atoms with Crippen LogP contribution in [0.1, 0.15) is 25.6 Å². The molecule has 0 bridgehead atoms.